The van der Waals surface area contributed by atoms with E-state index in [4.69, 9.17) is 0 Å². The molecule has 0 fully saturated rings. The number of nitrogens with zero attached hydrogens (tertiary/aromatic N) is 3. The van der Waals surface area contributed by atoms with Gasteiger partial charge in [-0.2, -0.15) is 5.26 Å². The molecular weight excluding hydrogens is 510 g/mol. The van der Waals surface area contributed by atoms with Gasteiger partial charge in [0.1, 0.15) is 22.8 Å². The molecule has 0 saturated heterocycles. The van der Waals surface area contributed by atoms with E-state index >= 15 is 0 Å². The maximum absolute atomic E-state index is 12.8. The molecule has 1 aliphatic heterocycles. The molecule has 3 aromatic rings. The number of unbranched alkanes of at least 4 members (excludes halogenated alkanes) is 3. The molecular formula is C31H31N3O4S. The Morgan fingerprint density at radius 1 is 1.10 bits per heavy atom. The van der Waals surface area contributed by atoms with Gasteiger partial charge in [0.2, 0.25) is 0 Å². The third-order valence-corrected chi connectivity index (χ3v) is 7.95. The van der Waals surface area contributed by atoms with Gasteiger partial charge < -0.3 is 10.0 Å². The molecule has 200 valence electrons. The molecule has 2 aromatic carbocycles. The van der Waals surface area contributed by atoms with E-state index < -0.39 is 18.1 Å². The van der Waals surface area contributed by atoms with Crippen LogP contribution in [0.4, 0.5) is 11.4 Å². The van der Waals surface area contributed by atoms with Gasteiger partial charge in [0, 0.05) is 17.9 Å². The van der Waals surface area contributed by atoms with Crippen LogP contribution in [0.25, 0.3) is 17.7 Å². The summed E-state index contributed by atoms with van der Waals surface area (Å²) in [5, 5.41) is 18.4. The van der Waals surface area contributed by atoms with E-state index in [0.717, 1.165) is 47.3 Å². The molecule has 1 N–H and O–H groups in total. The number of carboxylic acids is 1. The van der Waals surface area contributed by atoms with Crippen LogP contribution in [0.15, 0.2) is 53.3 Å². The Labute approximate surface area is 231 Å². The van der Waals surface area contributed by atoms with Crippen LogP contribution in [0.5, 0.6) is 0 Å². The number of anilines is 2. The van der Waals surface area contributed by atoms with Gasteiger partial charge in [0.15, 0.2) is 6.29 Å². The van der Waals surface area contributed by atoms with Crippen LogP contribution in [0.3, 0.4) is 0 Å². The number of thiazole rings is 1. The average molecular weight is 542 g/mol. The molecule has 0 saturated carbocycles. The van der Waals surface area contributed by atoms with Crippen LogP contribution < -0.4 is 19.7 Å². The lowest BCUT2D eigenvalue weighted by molar-refractivity contribution is -0.137. The highest BCUT2D eigenvalue weighted by molar-refractivity contribution is 7.07. The summed E-state index contributed by atoms with van der Waals surface area (Å²) >= 11 is 0.933. The number of carbonyl (C=O) groups excluding carboxylic acids is 1. The quantitative estimate of drug-likeness (QED) is 0.305. The summed E-state index contributed by atoms with van der Waals surface area (Å²) in [4.78, 5) is 37.8. The first kappa shape index (κ1) is 27.8. The maximum Gasteiger partial charge on any atom is 0.323 e. The number of para-hydroxylation sites is 1. The molecule has 0 amide bonds. The van der Waals surface area contributed by atoms with Gasteiger partial charge in [-0.25, -0.2) is 0 Å². The topological polar surface area (TPSA) is 103 Å². The molecule has 0 bridgehead atoms. The fourth-order valence-corrected chi connectivity index (χ4v) is 5.89. The van der Waals surface area contributed by atoms with E-state index in [-0.39, 0.29) is 14.8 Å². The van der Waals surface area contributed by atoms with E-state index in [2.05, 4.69) is 54.3 Å². The standard InChI is InChI=1S/C31H31N3O4S/c1-2-3-4-7-17-33-26-11-6-5-10-23(26)14-15-24-18-22(13-16-27(24)33)9-8-12-28-30(38)34(20-29(36)37)31(39-28)25(19-32)21-35/h5-6,8-13,16,18,21H,2-4,7,14-15,17,20H2,1H3,(H,36,37)/b9-8+,28-12-,31-25+. The third-order valence-electron chi connectivity index (χ3n) is 6.78. The maximum atomic E-state index is 12.8. The van der Waals surface area contributed by atoms with Gasteiger partial charge in [-0.05, 0) is 60.2 Å². The Morgan fingerprint density at radius 3 is 2.62 bits per heavy atom. The lowest BCUT2D eigenvalue weighted by Gasteiger charge is -2.27. The number of carbonyl (C=O) groups is 2. The number of rotatable bonds is 10. The van der Waals surface area contributed by atoms with Gasteiger partial charge in [0.25, 0.3) is 5.56 Å². The zero-order valence-corrected chi connectivity index (χ0v) is 22.7. The second-order valence-electron chi connectivity index (χ2n) is 9.45. The first-order valence-electron chi connectivity index (χ1n) is 13.1. The van der Waals surface area contributed by atoms with Crippen LogP contribution in [-0.4, -0.2) is 28.5 Å². The average Bonchev–Trinajstić information content (AvgIpc) is 3.13. The van der Waals surface area contributed by atoms with Crippen molar-refractivity contribution in [3.05, 3.63) is 84.8 Å². The molecule has 39 heavy (non-hydrogen) atoms. The highest BCUT2D eigenvalue weighted by Gasteiger charge is 2.20. The Balaban J connectivity index is 1.66. The summed E-state index contributed by atoms with van der Waals surface area (Å²) in [5.74, 6) is -1.23. The van der Waals surface area contributed by atoms with E-state index in [1.807, 2.05) is 6.08 Å². The second-order valence-corrected chi connectivity index (χ2v) is 10.5. The number of aliphatic carboxylic acids is 1. The molecule has 0 spiro atoms. The minimum absolute atomic E-state index is 0.0446. The van der Waals surface area contributed by atoms with Crippen molar-refractivity contribution in [1.82, 2.24) is 4.57 Å². The molecule has 8 heteroatoms. The monoisotopic (exact) mass is 541 g/mol. The number of nitriles is 1. The fraction of sp³-hybridized carbons (Fsp3) is 0.290. The summed E-state index contributed by atoms with van der Waals surface area (Å²) in [6.07, 6.45) is 12.2. The molecule has 0 atom stereocenters. The highest BCUT2D eigenvalue weighted by atomic mass is 32.1. The number of carboxylic acid groups (broad SMARTS) is 1. The lowest BCUT2D eigenvalue weighted by Crippen LogP contribution is -2.34. The number of hydrogen-bond acceptors (Lipinski definition) is 6. The zero-order chi connectivity index (χ0) is 27.8. The summed E-state index contributed by atoms with van der Waals surface area (Å²) in [5.41, 5.74) is 5.30. The molecule has 2 heterocycles. The third kappa shape index (κ3) is 6.44. The van der Waals surface area contributed by atoms with Crippen LogP contribution in [-0.2, 0) is 29.0 Å². The molecule has 4 rings (SSSR count). The SMILES string of the molecule is CCCCCCN1c2ccccc2CCc2cc(/C=C/C=c3\s/c(=C(\C#N)C=O)n(CC(=O)O)c3=O)ccc21. The van der Waals surface area contributed by atoms with Crippen LogP contribution >= 0.6 is 11.3 Å². The van der Waals surface area contributed by atoms with E-state index in [1.54, 1.807) is 18.2 Å². The van der Waals surface area contributed by atoms with Crippen molar-refractivity contribution in [2.45, 2.75) is 52.0 Å². The highest BCUT2D eigenvalue weighted by Crippen LogP contribution is 2.36. The van der Waals surface area contributed by atoms with Crippen molar-refractivity contribution < 1.29 is 14.7 Å². The molecule has 1 aromatic heterocycles. The van der Waals surface area contributed by atoms with Crippen molar-refractivity contribution >= 4 is 52.7 Å². The summed E-state index contributed by atoms with van der Waals surface area (Å²) < 4.78 is 1.25. The zero-order valence-electron chi connectivity index (χ0n) is 21.9. The summed E-state index contributed by atoms with van der Waals surface area (Å²) in [7, 11) is 0. The minimum Gasteiger partial charge on any atom is -0.480 e. The number of fused-ring (bicyclic) bond motifs is 2. The Kier molecular flexibility index (Phi) is 9.29. The molecule has 0 radical (unpaired) electrons. The second kappa shape index (κ2) is 13.0. The summed E-state index contributed by atoms with van der Waals surface area (Å²) in [6.45, 7) is 2.57. The Bertz CT molecular complexity index is 1620. The van der Waals surface area contributed by atoms with Crippen LogP contribution in [0, 0.1) is 11.3 Å². The number of aromatic nitrogens is 1. The lowest BCUT2D eigenvalue weighted by atomic mass is 10.0. The number of aryl methyl sites for hydroxylation is 2. The molecule has 7 nitrogen and oxygen atoms in total. The smallest absolute Gasteiger partial charge is 0.323 e. The fourth-order valence-electron chi connectivity index (χ4n) is 4.88. The molecule has 0 unspecified atom stereocenters. The number of benzene rings is 2. The van der Waals surface area contributed by atoms with E-state index in [1.165, 1.54) is 41.8 Å². The van der Waals surface area contributed by atoms with Crippen molar-refractivity contribution in [3.8, 4) is 6.07 Å². The van der Waals surface area contributed by atoms with Crippen molar-refractivity contribution in [2.24, 2.45) is 0 Å². The predicted octanol–water partition coefficient (Wildman–Crippen LogP) is 4.18. The summed E-state index contributed by atoms with van der Waals surface area (Å²) in [6, 6.07) is 16.8. The first-order chi connectivity index (χ1) is 19.0. The molecule has 1 aliphatic rings. The Morgan fingerprint density at radius 2 is 1.87 bits per heavy atom. The Hall–Kier alpha value is -4.22. The predicted molar refractivity (Wildman–Crippen MR) is 155 cm³/mol. The van der Waals surface area contributed by atoms with Gasteiger partial charge in [-0.15, -0.1) is 11.3 Å². The van der Waals surface area contributed by atoms with E-state index in [9.17, 15) is 24.8 Å². The first-order valence-corrected chi connectivity index (χ1v) is 14.0. The van der Waals surface area contributed by atoms with Crippen molar-refractivity contribution in [1.29, 1.82) is 5.26 Å². The van der Waals surface area contributed by atoms with Crippen molar-refractivity contribution in [3.63, 3.8) is 0 Å². The number of aldehydes is 1. The largest absolute Gasteiger partial charge is 0.480 e. The normalized spacial score (nSPS) is 13.9. The number of allylic oxidation sites excluding steroid dienone is 1. The van der Waals surface area contributed by atoms with E-state index in [0.29, 0.717) is 6.29 Å². The minimum atomic E-state index is -1.23. The van der Waals surface area contributed by atoms with Crippen molar-refractivity contribution in [2.75, 3.05) is 11.4 Å². The van der Waals surface area contributed by atoms with Gasteiger partial charge in [-0.1, -0.05) is 62.6 Å². The van der Waals surface area contributed by atoms with Crippen LogP contribution in [0.1, 0.15) is 49.3 Å². The van der Waals surface area contributed by atoms with Gasteiger partial charge >= 0.3 is 5.97 Å². The number of hydrogen-bond donors (Lipinski definition) is 1. The van der Waals surface area contributed by atoms with Gasteiger partial charge in [0.05, 0.1) is 4.53 Å². The van der Waals surface area contributed by atoms with Gasteiger partial charge in [-0.3, -0.25) is 19.0 Å². The van der Waals surface area contributed by atoms with Crippen LogP contribution in [0.2, 0.25) is 0 Å². The molecule has 0 aliphatic carbocycles.